The van der Waals surface area contributed by atoms with Crippen molar-refractivity contribution in [1.82, 2.24) is 9.97 Å². The lowest BCUT2D eigenvalue weighted by atomic mass is 9.93. The van der Waals surface area contributed by atoms with Crippen molar-refractivity contribution in [2.75, 3.05) is 0 Å². The first-order chi connectivity index (χ1) is 24.3. The van der Waals surface area contributed by atoms with E-state index in [-0.39, 0.29) is 0 Å². The van der Waals surface area contributed by atoms with Crippen LogP contribution in [0.3, 0.4) is 0 Å². The standard InChI is InChI=1S/C46H28N2S/c1-2-16-38-37(15-1)39-22-21-34(26-42(39)45-43(38)27-47-28-48-45)32-12-6-10-30(24-32)29-9-5-11-31(23-29)33-13-7-14-35(25-33)36-18-8-19-41-40-17-3-4-20-44(40)49-46(36)41/h1-28H. The number of hydrogen-bond donors (Lipinski definition) is 0. The molecule has 0 fully saturated rings. The minimum atomic E-state index is 0.986. The smallest absolute Gasteiger partial charge is 0.116 e. The molecule has 0 unspecified atom stereocenters. The van der Waals surface area contributed by atoms with Crippen LogP contribution in [0.15, 0.2) is 170 Å². The van der Waals surface area contributed by atoms with Gasteiger partial charge in [-0.05, 0) is 91.0 Å². The van der Waals surface area contributed by atoms with Crippen molar-refractivity contribution in [2.45, 2.75) is 0 Å². The summed E-state index contributed by atoms with van der Waals surface area (Å²) >= 11 is 1.88. The van der Waals surface area contributed by atoms with Gasteiger partial charge in [0.15, 0.2) is 0 Å². The zero-order valence-corrected chi connectivity index (χ0v) is 27.3. The van der Waals surface area contributed by atoms with Gasteiger partial charge in [0.2, 0.25) is 0 Å². The lowest BCUT2D eigenvalue weighted by molar-refractivity contribution is 1.23. The highest BCUT2D eigenvalue weighted by Crippen LogP contribution is 2.41. The first kappa shape index (κ1) is 27.9. The van der Waals surface area contributed by atoms with Crippen LogP contribution in [0.25, 0.3) is 97.1 Å². The molecule has 0 amide bonds. The highest BCUT2D eigenvalue weighted by atomic mass is 32.1. The molecule has 0 saturated carbocycles. The van der Waals surface area contributed by atoms with Crippen LogP contribution in [-0.4, -0.2) is 9.97 Å². The second-order valence-corrected chi connectivity index (χ2v) is 13.7. The Bertz CT molecular complexity index is 2870. The van der Waals surface area contributed by atoms with Gasteiger partial charge in [0.1, 0.15) is 6.33 Å². The van der Waals surface area contributed by atoms with Gasteiger partial charge in [-0.3, -0.25) is 0 Å². The number of fused-ring (bicyclic) bond motifs is 9. The minimum Gasteiger partial charge on any atom is -0.244 e. The second kappa shape index (κ2) is 11.2. The van der Waals surface area contributed by atoms with Crippen LogP contribution in [0.1, 0.15) is 0 Å². The van der Waals surface area contributed by atoms with Crippen LogP contribution >= 0.6 is 11.3 Å². The van der Waals surface area contributed by atoms with Gasteiger partial charge in [0.25, 0.3) is 0 Å². The molecule has 2 aromatic heterocycles. The van der Waals surface area contributed by atoms with Crippen LogP contribution in [0.4, 0.5) is 0 Å². The SMILES string of the molecule is c1cc(-c2cccc(-c3ccc4c5ccccc5c5cncnc5c4c3)c2)cc(-c2cccc(-c3cccc4c3sc3ccccc34)c2)c1. The molecule has 0 saturated heterocycles. The fourth-order valence-electron chi connectivity index (χ4n) is 7.45. The summed E-state index contributed by atoms with van der Waals surface area (Å²) in [5, 5.41) is 8.50. The van der Waals surface area contributed by atoms with E-state index in [4.69, 9.17) is 4.98 Å². The number of thiophene rings is 1. The summed E-state index contributed by atoms with van der Waals surface area (Å²) in [7, 11) is 0. The van der Waals surface area contributed by atoms with Crippen molar-refractivity contribution in [2.24, 2.45) is 0 Å². The largest absolute Gasteiger partial charge is 0.244 e. The molecule has 0 aliphatic rings. The van der Waals surface area contributed by atoms with Gasteiger partial charge in [-0.25, -0.2) is 9.97 Å². The molecule has 10 rings (SSSR count). The number of rotatable bonds is 4. The molecule has 8 aromatic carbocycles. The number of aromatic nitrogens is 2. The third kappa shape index (κ3) is 4.62. The van der Waals surface area contributed by atoms with Gasteiger partial charge in [0, 0.05) is 37.1 Å². The van der Waals surface area contributed by atoms with Gasteiger partial charge in [-0.1, -0.05) is 127 Å². The van der Waals surface area contributed by atoms with Crippen molar-refractivity contribution in [3.05, 3.63) is 170 Å². The molecule has 0 N–H and O–H groups in total. The molecule has 0 radical (unpaired) electrons. The number of hydrogen-bond acceptors (Lipinski definition) is 3. The van der Waals surface area contributed by atoms with Crippen molar-refractivity contribution in [1.29, 1.82) is 0 Å². The first-order valence-corrected chi connectivity index (χ1v) is 17.4. The summed E-state index contributed by atoms with van der Waals surface area (Å²) in [6, 6.07) is 57.4. The Morgan fingerprint density at radius 2 is 0.898 bits per heavy atom. The van der Waals surface area contributed by atoms with Gasteiger partial charge in [0.05, 0.1) is 5.52 Å². The van der Waals surface area contributed by atoms with Crippen LogP contribution in [0, 0.1) is 0 Å². The Morgan fingerprint density at radius 1 is 0.367 bits per heavy atom. The quantitative estimate of drug-likeness (QED) is 0.179. The van der Waals surface area contributed by atoms with E-state index in [0.29, 0.717) is 0 Å². The van der Waals surface area contributed by atoms with E-state index in [1.54, 1.807) is 6.33 Å². The molecule has 228 valence electrons. The topological polar surface area (TPSA) is 25.8 Å². The van der Waals surface area contributed by atoms with Crippen molar-refractivity contribution in [3.8, 4) is 44.5 Å². The third-order valence-electron chi connectivity index (χ3n) is 9.80. The molecule has 0 aliphatic carbocycles. The zero-order valence-electron chi connectivity index (χ0n) is 26.5. The molecule has 3 heteroatoms. The Hall–Kier alpha value is -6.16. The van der Waals surface area contributed by atoms with Gasteiger partial charge in [-0.2, -0.15) is 0 Å². The van der Waals surface area contributed by atoms with E-state index in [0.717, 1.165) is 16.3 Å². The van der Waals surface area contributed by atoms with E-state index in [2.05, 4.69) is 163 Å². The Labute approximate surface area is 287 Å². The summed E-state index contributed by atoms with van der Waals surface area (Å²) in [5.41, 5.74) is 10.7. The highest BCUT2D eigenvalue weighted by molar-refractivity contribution is 7.26. The molecule has 49 heavy (non-hydrogen) atoms. The van der Waals surface area contributed by atoms with Gasteiger partial charge < -0.3 is 0 Å². The maximum absolute atomic E-state index is 4.74. The molecular formula is C46H28N2S. The molecule has 2 heterocycles. The van der Waals surface area contributed by atoms with E-state index >= 15 is 0 Å². The molecule has 0 aliphatic heterocycles. The van der Waals surface area contributed by atoms with Crippen LogP contribution < -0.4 is 0 Å². The summed E-state index contributed by atoms with van der Waals surface area (Å²) in [4.78, 5) is 9.09. The maximum Gasteiger partial charge on any atom is 0.116 e. The summed E-state index contributed by atoms with van der Waals surface area (Å²) in [5.74, 6) is 0. The predicted octanol–water partition coefficient (Wildman–Crippen LogP) is 13.0. The average Bonchev–Trinajstić information content (AvgIpc) is 3.57. The van der Waals surface area contributed by atoms with Crippen LogP contribution in [-0.2, 0) is 0 Å². The van der Waals surface area contributed by atoms with E-state index in [1.807, 2.05) is 17.5 Å². The zero-order chi connectivity index (χ0) is 32.3. The summed E-state index contributed by atoms with van der Waals surface area (Å²) in [6.45, 7) is 0. The third-order valence-corrected chi connectivity index (χ3v) is 11.0. The molecule has 2 nitrogen and oxygen atoms in total. The fraction of sp³-hybridized carbons (Fsp3) is 0. The van der Waals surface area contributed by atoms with E-state index in [1.165, 1.54) is 80.8 Å². The average molecular weight is 641 g/mol. The lowest BCUT2D eigenvalue weighted by Crippen LogP contribution is -1.88. The van der Waals surface area contributed by atoms with Crippen molar-refractivity contribution in [3.63, 3.8) is 0 Å². The summed E-state index contributed by atoms with van der Waals surface area (Å²) < 4.78 is 2.67. The minimum absolute atomic E-state index is 0.986. The van der Waals surface area contributed by atoms with Crippen molar-refractivity contribution >= 4 is 64.0 Å². The van der Waals surface area contributed by atoms with Crippen LogP contribution in [0.5, 0.6) is 0 Å². The molecular weight excluding hydrogens is 613 g/mol. The Kier molecular flexibility index (Phi) is 6.39. The van der Waals surface area contributed by atoms with Crippen LogP contribution in [0.2, 0.25) is 0 Å². The molecule has 10 aromatic rings. The Morgan fingerprint density at radius 3 is 1.61 bits per heavy atom. The highest BCUT2D eigenvalue weighted by Gasteiger charge is 2.13. The monoisotopic (exact) mass is 640 g/mol. The van der Waals surface area contributed by atoms with E-state index in [9.17, 15) is 0 Å². The maximum atomic E-state index is 4.74. The lowest BCUT2D eigenvalue weighted by Gasteiger charge is -2.12. The Balaban J connectivity index is 1.04. The number of benzene rings is 8. The van der Waals surface area contributed by atoms with Gasteiger partial charge in [-0.15, -0.1) is 11.3 Å². The van der Waals surface area contributed by atoms with Crippen molar-refractivity contribution < 1.29 is 0 Å². The normalized spacial score (nSPS) is 11.7. The first-order valence-electron chi connectivity index (χ1n) is 16.5. The second-order valence-electron chi connectivity index (χ2n) is 12.6. The fourth-order valence-corrected chi connectivity index (χ4v) is 8.68. The van der Waals surface area contributed by atoms with Gasteiger partial charge >= 0.3 is 0 Å². The number of nitrogens with zero attached hydrogens (tertiary/aromatic N) is 2. The molecule has 0 bridgehead atoms. The molecule has 0 atom stereocenters. The summed E-state index contributed by atoms with van der Waals surface area (Å²) in [6.07, 6.45) is 3.58. The molecule has 0 spiro atoms. The predicted molar refractivity (Wildman–Crippen MR) is 209 cm³/mol. The van der Waals surface area contributed by atoms with E-state index < -0.39 is 0 Å².